The summed E-state index contributed by atoms with van der Waals surface area (Å²) in [6, 6.07) is 6.43. The largest absolute Gasteiger partial charge is 0.462 e. The molecule has 1 aromatic rings. The third kappa shape index (κ3) is 9.56. The predicted molar refractivity (Wildman–Crippen MR) is 101 cm³/mol. The third-order valence-corrected chi connectivity index (χ3v) is 3.98. The Kier molecular flexibility index (Phi) is 12.2. The van der Waals surface area contributed by atoms with Crippen molar-refractivity contribution in [2.75, 3.05) is 26.4 Å². The highest BCUT2D eigenvalue weighted by atomic mass is 16.6. The smallest absolute Gasteiger partial charge is 0.338 e. The molecule has 0 unspecified atom stereocenters. The van der Waals surface area contributed by atoms with E-state index in [0.29, 0.717) is 30.9 Å². The highest BCUT2D eigenvalue weighted by molar-refractivity contribution is 5.95. The summed E-state index contributed by atoms with van der Waals surface area (Å²) in [5.74, 6) is -0.869. The maximum atomic E-state index is 12.1. The monoisotopic (exact) mass is 364 g/mol. The minimum atomic E-state index is -0.466. The molecule has 0 atom stereocenters. The van der Waals surface area contributed by atoms with Crippen LogP contribution in [0.5, 0.6) is 0 Å². The van der Waals surface area contributed by atoms with Gasteiger partial charge in [-0.1, -0.05) is 51.5 Å². The van der Waals surface area contributed by atoms with E-state index in [2.05, 4.69) is 6.92 Å². The van der Waals surface area contributed by atoms with Gasteiger partial charge in [0.1, 0.15) is 6.61 Å². The van der Waals surface area contributed by atoms with E-state index in [1.807, 2.05) is 6.92 Å². The molecule has 5 heteroatoms. The Morgan fingerprint density at radius 1 is 0.769 bits per heavy atom. The molecular formula is C21H32O5. The molecule has 1 rings (SSSR count). The summed E-state index contributed by atoms with van der Waals surface area (Å²) in [6.45, 7) is 5.63. The van der Waals surface area contributed by atoms with Gasteiger partial charge in [-0.15, -0.1) is 0 Å². The van der Waals surface area contributed by atoms with Crippen LogP contribution in [-0.4, -0.2) is 38.4 Å². The van der Waals surface area contributed by atoms with Crippen molar-refractivity contribution in [3.8, 4) is 0 Å². The van der Waals surface area contributed by atoms with Crippen LogP contribution in [0.3, 0.4) is 0 Å². The van der Waals surface area contributed by atoms with E-state index in [1.165, 1.54) is 38.2 Å². The fourth-order valence-corrected chi connectivity index (χ4v) is 2.50. The predicted octanol–water partition coefficient (Wildman–Crippen LogP) is 4.79. The average molecular weight is 364 g/mol. The molecule has 0 aliphatic carbocycles. The lowest BCUT2D eigenvalue weighted by Crippen LogP contribution is -2.12. The molecule has 0 aromatic heterocycles. The summed E-state index contributed by atoms with van der Waals surface area (Å²) < 4.78 is 15.5. The molecule has 0 heterocycles. The molecule has 0 bridgehead atoms. The molecule has 5 nitrogen and oxygen atoms in total. The number of rotatable bonds is 14. The SMILES string of the molecule is CCCCCCCCCOC(=O)c1cccc(C(=O)OCCOCC)c1. The molecule has 0 amide bonds. The van der Waals surface area contributed by atoms with Gasteiger partial charge < -0.3 is 14.2 Å². The number of ether oxygens (including phenoxy) is 3. The molecule has 0 fully saturated rings. The van der Waals surface area contributed by atoms with E-state index < -0.39 is 11.9 Å². The van der Waals surface area contributed by atoms with Crippen LogP contribution in [0.4, 0.5) is 0 Å². The van der Waals surface area contributed by atoms with Crippen LogP contribution in [-0.2, 0) is 14.2 Å². The second kappa shape index (κ2) is 14.3. The first-order valence-electron chi connectivity index (χ1n) is 9.71. The highest BCUT2D eigenvalue weighted by Gasteiger charge is 2.12. The van der Waals surface area contributed by atoms with E-state index in [-0.39, 0.29) is 6.61 Å². The molecule has 26 heavy (non-hydrogen) atoms. The molecular weight excluding hydrogens is 332 g/mol. The number of carbonyl (C=O) groups is 2. The molecule has 0 aliphatic rings. The number of carbonyl (C=O) groups excluding carboxylic acids is 2. The lowest BCUT2D eigenvalue weighted by atomic mass is 10.1. The van der Waals surface area contributed by atoms with Crippen molar-refractivity contribution in [1.29, 1.82) is 0 Å². The van der Waals surface area contributed by atoms with E-state index in [4.69, 9.17) is 14.2 Å². The number of hydrogen-bond donors (Lipinski definition) is 0. The summed E-state index contributed by atoms with van der Waals surface area (Å²) in [4.78, 5) is 24.1. The minimum absolute atomic E-state index is 0.194. The van der Waals surface area contributed by atoms with Gasteiger partial charge in [-0.3, -0.25) is 0 Å². The Labute approximate surface area is 157 Å². The van der Waals surface area contributed by atoms with Crippen molar-refractivity contribution in [3.05, 3.63) is 35.4 Å². The van der Waals surface area contributed by atoms with Gasteiger partial charge in [0.2, 0.25) is 0 Å². The fourth-order valence-electron chi connectivity index (χ4n) is 2.50. The van der Waals surface area contributed by atoms with Gasteiger partial charge in [0.05, 0.1) is 24.3 Å². The van der Waals surface area contributed by atoms with E-state index in [1.54, 1.807) is 18.2 Å². The topological polar surface area (TPSA) is 61.8 Å². The summed E-state index contributed by atoms with van der Waals surface area (Å²) in [6.07, 6.45) is 8.19. The molecule has 0 aliphatic heterocycles. The zero-order valence-electron chi connectivity index (χ0n) is 16.1. The summed E-state index contributed by atoms with van der Waals surface area (Å²) >= 11 is 0. The normalized spacial score (nSPS) is 10.5. The van der Waals surface area contributed by atoms with E-state index in [0.717, 1.165) is 12.8 Å². The maximum Gasteiger partial charge on any atom is 0.338 e. The molecule has 146 valence electrons. The second-order valence-electron chi connectivity index (χ2n) is 6.17. The quantitative estimate of drug-likeness (QED) is 0.351. The summed E-state index contributed by atoms with van der Waals surface area (Å²) in [7, 11) is 0. The van der Waals surface area contributed by atoms with Crippen molar-refractivity contribution in [2.45, 2.75) is 58.8 Å². The van der Waals surface area contributed by atoms with Crippen LogP contribution >= 0.6 is 0 Å². The van der Waals surface area contributed by atoms with Crippen molar-refractivity contribution < 1.29 is 23.8 Å². The van der Waals surface area contributed by atoms with Gasteiger partial charge in [0.25, 0.3) is 0 Å². The zero-order valence-corrected chi connectivity index (χ0v) is 16.1. The average Bonchev–Trinajstić information content (AvgIpc) is 2.67. The number of unbranched alkanes of at least 4 members (excludes halogenated alkanes) is 6. The Hall–Kier alpha value is -1.88. The van der Waals surface area contributed by atoms with Crippen molar-refractivity contribution >= 4 is 11.9 Å². The van der Waals surface area contributed by atoms with Gasteiger partial charge in [-0.25, -0.2) is 9.59 Å². The molecule has 0 spiro atoms. The van der Waals surface area contributed by atoms with Gasteiger partial charge in [-0.05, 0) is 31.5 Å². The van der Waals surface area contributed by atoms with Crippen LogP contribution in [0, 0.1) is 0 Å². The van der Waals surface area contributed by atoms with E-state index in [9.17, 15) is 9.59 Å². The first kappa shape index (κ1) is 22.2. The van der Waals surface area contributed by atoms with Crippen molar-refractivity contribution in [2.24, 2.45) is 0 Å². The van der Waals surface area contributed by atoms with Gasteiger partial charge in [-0.2, -0.15) is 0 Å². The lowest BCUT2D eigenvalue weighted by molar-refractivity contribution is 0.0335. The summed E-state index contributed by atoms with van der Waals surface area (Å²) in [5, 5.41) is 0. The van der Waals surface area contributed by atoms with Crippen LogP contribution in [0.25, 0.3) is 0 Å². The van der Waals surface area contributed by atoms with Crippen molar-refractivity contribution in [3.63, 3.8) is 0 Å². The van der Waals surface area contributed by atoms with Crippen LogP contribution in [0.2, 0.25) is 0 Å². The van der Waals surface area contributed by atoms with Crippen LogP contribution in [0.15, 0.2) is 24.3 Å². The Balaban J connectivity index is 2.30. The zero-order chi connectivity index (χ0) is 19.0. The minimum Gasteiger partial charge on any atom is -0.462 e. The molecule has 0 N–H and O–H groups in total. The fraction of sp³-hybridized carbons (Fsp3) is 0.619. The van der Waals surface area contributed by atoms with Crippen LogP contribution < -0.4 is 0 Å². The van der Waals surface area contributed by atoms with Crippen molar-refractivity contribution in [1.82, 2.24) is 0 Å². The summed E-state index contributed by atoms with van der Waals surface area (Å²) in [5.41, 5.74) is 0.707. The Bertz CT molecular complexity index is 527. The molecule has 0 radical (unpaired) electrons. The first-order valence-corrected chi connectivity index (χ1v) is 9.71. The lowest BCUT2D eigenvalue weighted by Gasteiger charge is -2.07. The number of hydrogen-bond acceptors (Lipinski definition) is 5. The molecule has 0 saturated carbocycles. The highest BCUT2D eigenvalue weighted by Crippen LogP contribution is 2.10. The maximum absolute atomic E-state index is 12.1. The third-order valence-electron chi connectivity index (χ3n) is 3.98. The first-order chi connectivity index (χ1) is 12.7. The Morgan fingerprint density at radius 3 is 1.96 bits per heavy atom. The Morgan fingerprint density at radius 2 is 1.35 bits per heavy atom. The molecule has 1 aromatic carbocycles. The standard InChI is InChI=1S/C21H32O5/c1-3-5-6-7-8-9-10-14-25-20(22)18-12-11-13-19(17-18)21(23)26-16-15-24-4-2/h11-13,17H,3-10,14-16H2,1-2H3. The van der Waals surface area contributed by atoms with Gasteiger partial charge in [0.15, 0.2) is 0 Å². The number of benzene rings is 1. The van der Waals surface area contributed by atoms with Crippen LogP contribution in [0.1, 0.15) is 79.5 Å². The number of esters is 2. The van der Waals surface area contributed by atoms with Gasteiger partial charge in [0, 0.05) is 6.61 Å². The van der Waals surface area contributed by atoms with E-state index >= 15 is 0 Å². The molecule has 0 saturated heterocycles. The van der Waals surface area contributed by atoms with Gasteiger partial charge >= 0.3 is 11.9 Å². The second-order valence-corrected chi connectivity index (χ2v) is 6.17.